The Morgan fingerprint density at radius 2 is 0.951 bits per heavy atom. The molecule has 4 saturated carbocycles. The van der Waals surface area contributed by atoms with E-state index >= 15 is 0 Å². The van der Waals surface area contributed by atoms with Gasteiger partial charge in [0.2, 0.25) is 41.2 Å². The predicted octanol–water partition coefficient (Wildman–Crippen LogP) is 9.25. The van der Waals surface area contributed by atoms with Gasteiger partial charge in [-0.3, -0.25) is 43.2 Å². The van der Waals surface area contributed by atoms with Gasteiger partial charge in [-0.05, 0) is 161 Å². The van der Waals surface area contributed by atoms with E-state index in [1.807, 2.05) is 107 Å². The van der Waals surface area contributed by atoms with E-state index in [-0.39, 0.29) is 69.6 Å². The zero-order valence-electron chi connectivity index (χ0n) is 63.1. The lowest BCUT2D eigenvalue weighted by Gasteiger charge is -2.36. The van der Waals surface area contributed by atoms with Gasteiger partial charge in [-0.25, -0.2) is 0 Å². The van der Waals surface area contributed by atoms with Crippen LogP contribution in [-0.4, -0.2) is 172 Å². The fraction of sp³-hybridized carbons (Fsp3) is 0.709. The third kappa shape index (κ3) is 20.5. The lowest BCUT2D eigenvalue weighted by molar-refractivity contribution is -0.145. The van der Waals surface area contributed by atoms with Crippen molar-refractivity contribution in [3.8, 4) is 11.5 Å². The topological polar surface area (TPSA) is 314 Å². The van der Waals surface area contributed by atoms with Crippen LogP contribution in [0.4, 0.5) is 0 Å². The quantitative estimate of drug-likeness (QED) is 0.0432. The number of nitrogens with one attached hydrogen (secondary N) is 6. The number of hydrogen-bond acceptors (Lipinski definition) is 16. The smallest absolute Gasteiger partial charge is 0.289 e. The maximum atomic E-state index is 14.7. The lowest BCUT2D eigenvalue weighted by atomic mass is 9.84. The summed E-state index contributed by atoms with van der Waals surface area (Å²) < 4.78 is 11.1. The van der Waals surface area contributed by atoms with Crippen molar-refractivity contribution in [2.24, 2.45) is 33.0 Å². The van der Waals surface area contributed by atoms with Crippen molar-refractivity contribution in [2.75, 3.05) is 27.3 Å². The number of methoxy groups -OCH3 is 2. The van der Waals surface area contributed by atoms with E-state index in [1.54, 1.807) is 14.2 Å². The van der Waals surface area contributed by atoms with Crippen molar-refractivity contribution >= 4 is 64.5 Å². The normalized spacial score (nSPS) is 23.4. The van der Waals surface area contributed by atoms with Crippen LogP contribution in [0.2, 0.25) is 0 Å². The second-order valence-electron chi connectivity index (χ2n) is 32.9. The lowest BCUT2D eigenvalue weighted by Crippen LogP contribution is -2.59. The van der Waals surface area contributed by atoms with Crippen LogP contribution >= 0.6 is 0 Å². The van der Waals surface area contributed by atoms with Crippen LogP contribution in [0, 0.1) is 50.4 Å². The molecule has 1 unspecified atom stereocenters. The molecule has 24 nitrogen and oxygen atoms in total. The number of carbonyl (C=O) groups is 9. The molecule has 2 saturated heterocycles. The summed E-state index contributed by atoms with van der Waals surface area (Å²) in [5, 5.41) is 37.4. The van der Waals surface area contributed by atoms with Crippen LogP contribution in [0.5, 0.6) is 11.5 Å². The van der Waals surface area contributed by atoms with Gasteiger partial charge in [-0.15, -0.1) is 0 Å². The number of aliphatic hydroxyl groups excluding tert-OH is 1. The maximum absolute atomic E-state index is 14.7. The van der Waals surface area contributed by atoms with E-state index in [1.165, 1.54) is 22.6 Å². The Labute approximate surface area is 610 Å². The highest BCUT2D eigenvalue weighted by atomic mass is 16.7. The summed E-state index contributed by atoms with van der Waals surface area (Å²) in [6.07, 6.45) is 16.4. The van der Waals surface area contributed by atoms with Crippen LogP contribution in [0.1, 0.15) is 250 Å². The highest BCUT2D eigenvalue weighted by Gasteiger charge is 2.58. The fourth-order valence-electron chi connectivity index (χ4n) is 15.9. The number of benzene rings is 2. The molecule has 6 fully saturated rings. The first kappa shape index (κ1) is 81.0. The van der Waals surface area contributed by atoms with Crippen LogP contribution in [0.25, 0.3) is 0 Å². The number of nitrogens with zero attached hydrogens (tertiary/aromatic N) is 4. The molecular weight excluding hydrogens is 1310 g/mol. The number of carbonyl (C=O) groups excluding carboxylic acids is 9. The molecule has 10 rings (SSSR count). The van der Waals surface area contributed by atoms with Crippen LogP contribution < -0.4 is 41.4 Å². The fourth-order valence-corrected chi connectivity index (χ4v) is 15.9. The molecule has 7 N–H and O–H groups in total. The number of likely N-dealkylation sites (tertiary alicyclic amines) is 2. The SMILES string of the molecule is C.CCC[C@H](NC(=O)[C@@H]1C[C@]2(CC(c3cc(C)c(OC)c(C)c3)=NO2)CN1C(=O)[C@@H](NC(=O)CC1CCCCC1)C(C)(C)C)C(=O)C(=O)NC1CC1.CCC[C@H](NC(=O)[C@@H]1C[C@]2(CC(c3cc(C)c(OC)c(C)c3)=NO2)CN1C(=O)[C@@H](NC(=O)CC1CCCCC1)C(C)(C)C)C(O)C(=O)NC1CC1. The number of aliphatic hydroxyl groups is 1. The summed E-state index contributed by atoms with van der Waals surface area (Å²) >= 11 is 0. The number of Topliss-reactive ketones (excluding diaryl/α,β-unsaturated/α-hetero) is 1. The molecule has 2 aromatic rings. The third-order valence-corrected chi connectivity index (χ3v) is 21.7. The Balaban J connectivity index is 0.000000259. The first-order valence-electron chi connectivity index (χ1n) is 37.7. The third-order valence-electron chi connectivity index (χ3n) is 21.7. The summed E-state index contributed by atoms with van der Waals surface area (Å²) in [6, 6.07) is 2.33. The molecule has 2 spiro atoms. The van der Waals surface area contributed by atoms with Crippen LogP contribution in [-0.2, 0) is 52.8 Å². The number of hydrogen-bond donors (Lipinski definition) is 7. The van der Waals surface area contributed by atoms with Crippen LogP contribution in [0.15, 0.2) is 34.6 Å². The first-order chi connectivity index (χ1) is 48.3. The van der Waals surface area contributed by atoms with E-state index in [0.29, 0.717) is 68.2 Å². The largest absolute Gasteiger partial charge is 0.496 e. The molecule has 2 aromatic carbocycles. The van der Waals surface area contributed by atoms with Crippen LogP contribution in [0.3, 0.4) is 0 Å². The van der Waals surface area contributed by atoms with Gasteiger partial charge in [-0.1, -0.05) is 124 Å². The van der Waals surface area contributed by atoms with Crippen molar-refractivity contribution in [2.45, 2.75) is 310 Å². The number of rotatable bonds is 26. The molecule has 4 heterocycles. The summed E-state index contributed by atoms with van der Waals surface area (Å²) in [4.78, 5) is 139. The van der Waals surface area contributed by atoms with Crippen molar-refractivity contribution in [3.05, 3.63) is 57.6 Å². The van der Waals surface area contributed by atoms with E-state index in [0.717, 1.165) is 122 Å². The standard InChI is InChI=1S/C39H59N5O7.C39H57N5O7.CH4/c2*1-8-12-28(32(46)36(48)40-27-15-16-27)41-35(47)30-21-39(20-29(43-51-39)26-17-23(2)33(50-7)24(3)18-26)22-44(30)37(49)34(38(4,5)6)42-31(45)19-25-13-10-9-11-14-25;/h17-18,25,27-28,30,32,34,46H,8-16,19-22H2,1-7H3,(H,40,48)(H,41,47)(H,42,45);17-18,25,27-28,30,34H,8-16,19-22H2,1-7H3,(H,40,48)(H,41,47)(H,42,45);1H4/t28-,30-,32?,34+,39+;28-,30-,34+,39+;/m00./s1. The summed E-state index contributed by atoms with van der Waals surface area (Å²) in [7, 11) is 3.28. The molecule has 0 aromatic heterocycles. The number of oxime groups is 2. The highest BCUT2D eigenvalue weighted by molar-refractivity contribution is 6.38. The Morgan fingerprint density at radius 3 is 1.32 bits per heavy atom. The zero-order valence-corrected chi connectivity index (χ0v) is 63.1. The Morgan fingerprint density at radius 1 is 0.563 bits per heavy atom. The molecule has 9 atom stereocenters. The molecular formula is C79H120N10O14. The molecule has 8 aliphatic rings. The minimum Gasteiger partial charge on any atom is -0.496 e. The van der Waals surface area contributed by atoms with Gasteiger partial charge in [0.1, 0.15) is 35.7 Å². The van der Waals surface area contributed by atoms with Gasteiger partial charge in [0, 0.05) is 61.7 Å². The molecule has 0 radical (unpaired) electrons. The van der Waals surface area contributed by atoms with E-state index < -0.39 is 99.7 Å². The van der Waals surface area contributed by atoms with E-state index in [9.17, 15) is 48.3 Å². The van der Waals surface area contributed by atoms with Gasteiger partial charge in [0.25, 0.3) is 11.8 Å². The molecule has 8 amide bonds. The number of amides is 8. The van der Waals surface area contributed by atoms with Crippen molar-refractivity contribution in [3.63, 3.8) is 0 Å². The summed E-state index contributed by atoms with van der Waals surface area (Å²) in [5.74, 6) is -1.84. The molecule has 24 heteroatoms. The number of ketones is 1. The molecule has 4 aliphatic carbocycles. The van der Waals surface area contributed by atoms with Gasteiger partial charge in [0.15, 0.2) is 17.3 Å². The average molecular weight is 1430 g/mol. The van der Waals surface area contributed by atoms with E-state index in [4.69, 9.17) is 19.1 Å². The number of ether oxygens (including phenoxy) is 2. The number of aryl methyl sites for hydroxylation is 4. The Bertz CT molecular complexity index is 3440. The molecule has 4 aliphatic heterocycles. The molecule has 103 heavy (non-hydrogen) atoms. The average Bonchev–Trinajstić information content (AvgIpc) is 1.60. The molecule has 0 bridgehead atoms. The van der Waals surface area contributed by atoms with Gasteiger partial charge in [-0.2, -0.15) is 0 Å². The first-order valence-corrected chi connectivity index (χ1v) is 37.7. The Hall–Kier alpha value is -7.63. The van der Waals surface area contributed by atoms with Crippen molar-refractivity contribution in [1.82, 2.24) is 41.7 Å². The van der Waals surface area contributed by atoms with Gasteiger partial charge in [0.05, 0.1) is 50.8 Å². The second-order valence-corrected chi connectivity index (χ2v) is 32.9. The minimum absolute atomic E-state index is 0. The summed E-state index contributed by atoms with van der Waals surface area (Å²) in [5.41, 5.74) is 3.65. The Kier molecular flexibility index (Phi) is 27.2. The monoisotopic (exact) mass is 1430 g/mol. The maximum Gasteiger partial charge on any atom is 0.289 e. The minimum atomic E-state index is -1.44. The second kappa shape index (κ2) is 34.5. The zero-order chi connectivity index (χ0) is 74.2. The predicted molar refractivity (Wildman–Crippen MR) is 394 cm³/mol. The van der Waals surface area contributed by atoms with E-state index in [2.05, 4.69) is 42.2 Å². The highest BCUT2D eigenvalue weighted by Crippen LogP contribution is 2.44. The van der Waals surface area contributed by atoms with Gasteiger partial charge < -0.3 is 66.0 Å². The van der Waals surface area contributed by atoms with Crippen molar-refractivity contribution in [1.29, 1.82) is 0 Å². The van der Waals surface area contributed by atoms with Crippen molar-refractivity contribution < 1.29 is 67.4 Å². The molecule has 570 valence electrons. The summed E-state index contributed by atoms with van der Waals surface area (Å²) in [6.45, 7) is 23.2. The van der Waals surface area contributed by atoms with Gasteiger partial charge >= 0.3 is 0 Å².